The molecule has 0 aliphatic rings. The third kappa shape index (κ3) is 4.23. The van der Waals surface area contributed by atoms with E-state index in [1.165, 1.54) is 5.56 Å². The van der Waals surface area contributed by atoms with Crippen LogP contribution in [0.1, 0.15) is 25.2 Å². The number of aromatic nitrogens is 2. The van der Waals surface area contributed by atoms with Crippen LogP contribution in [0, 0.1) is 19.8 Å². The van der Waals surface area contributed by atoms with Crippen LogP contribution >= 0.6 is 0 Å². The molecular weight excluding hydrogens is 248 g/mol. The lowest BCUT2D eigenvalue weighted by molar-refractivity contribution is 0.686. The molecule has 20 heavy (non-hydrogen) atoms. The maximum atomic E-state index is 4.42. The zero-order valence-electron chi connectivity index (χ0n) is 12.6. The molecule has 0 saturated carbocycles. The summed E-state index contributed by atoms with van der Waals surface area (Å²) >= 11 is 0. The number of nitrogens with zero attached hydrogens (tertiary/aromatic N) is 2. The van der Waals surface area contributed by atoms with E-state index in [1.807, 2.05) is 25.1 Å². The molecule has 4 heteroatoms. The minimum Gasteiger partial charge on any atom is -0.370 e. The average molecular weight is 270 g/mol. The van der Waals surface area contributed by atoms with Gasteiger partial charge in [-0.15, -0.1) is 0 Å². The highest BCUT2D eigenvalue weighted by molar-refractivity contribution is 5.59. The average Bonchev–Trinajstić information content (AvgIpc) is 2.38. The van der Waals surface area contributed by atoms with Gasteiger partial charge in [-0.3, -0.25) is 0 Å². The highest BCUT2D eigenvalue weighted by atomic mass is 15.1. The summed E-state index contributed by atoms with van der Waals surface area (Å²) in [5, 5.41) is 6.64. The Labute approximate surface area is 120 Å². The minimum atomic E-state index is 0.582. The number of nitrogens with one attached hydrogen (secondary N) is 2. The van der Waals surface area contributed by atoms with Crippen molar-refractivity contribution < 1.29 is 0 Å². The molecule has 0 unspecified atom stereocenters. The Morgan fingerprint density at radius 1 is 1.00 bits per heavy atom. The predicted octanol–water partition coefficient (Wildman–Crippen LogP) is 3.90. The second-order valence-electron chi connectivity index (χ2n) is 5.45. The molecule has 106 valence electrons. The zero-order chi connectivity index (χ0) is 14.5. The first-order valence-electron chi connectivity index (χ1n) is 6.96. The molecule has 0 amide bonds. The molecule has 1 aromatic heterocycles. The van der Waals surface area contributed by atoms with Gasteiger partial charge in [0.25, 0.3) is 0 Å². The molecule has 0 radical (unpaired) electrons. The molecular formula is C16H22N4. The van der Waals surface area contributed by atoms with Crippen LogP contribution in [0.4, 0.5) is 17.3 Å². The monoisotopic (exact) mass is 270 g/mol. The van der Waals surface area contributed by atoms with Gasteiger partial charge in [-0.05, 0) is 31.9 Å². The van der Waals surface area contributed by atoms with Gasteiger partial charge >= 0.3 is 0 Å². The van der Waals surface area contributed by atoms with E-state index in [0.29, 0.717) is 5.92 Å². The topological polar surface area (TPSA) is 49.8 Å². The van der Waals surface area contributed by atoms with Crippen molar-refractivity contribution in [3.05, 3.63) is 41.7 Å². The Kier molecular flexibility index (Phi) is 4.56. The van der Waals surface area contributed by atoms with Crippen LogP contribution in [0.3, 0.4) is 0 Å². The van der Waals surface area contributed by atoms with E-state index in [9.17, 15) is 0 Å². The highest BCUT2D eigenvalue weighted by Crippen LogP contribution is 2.18. The summed E-state index contributed by atoms with van der Waals surface area (Å²) in [5.41, 5.74) is 2.28. The van der Waals surface area contributed by atoms with Crippen LogP contribution in [0.5, 0.6) is 0 Å². The number of benzene rings is 1. The number of aryl methyl sites for hydroxylation is 2. The molecule has 2 rings (SSSR count). The van der Waals surface area contributed by atoms with Crippen molar-refractivity contribution in [3.63, 3.8) is 0 Å². The van der Waals surface area contributed by atoms with Crippen LogP contribution in [0.2, 0.25) is 0 Å². The molecule has 0 atom stereocenters. The smallest absolute Gasteiger partial charge is 0.136 e. The SMILES string of the molecule is Cc1ccc(Nc2cc(NCC(C)C)nc(C)n2)cc1. The Bertz CT molecular complexity index is 561. The molecule has 0 aliphatic carbocycles. The van der Waals surface area contributed by atoms with Gasteiger partial charge < -0.3 is 10.6 Å². The standard InChI is InChI=1S/C16H22N4/c1-11(2)10-17-15-9-16(19-13(4)18-15)20-14-7-5-12(3)6-8-14/h5-9,11H,10H2,1-4H3,(H2,17,18,19,20). The van der Waals surface area contributed by atoms with E-state index in [1.54, 1.807) is 0 Å². The van der Waals surface area contributed by atoms with Gasteiger partial charge in [0, 0.05) is 18.3 Å². The Balaban J connectivity index is 2.13. The predicted molar refractivity (Wildman–Crippen MR) is 84.6 cm³/mol. The first-order chi connectivity index (χ1) is 9.52. The van der Waals surface area contributed by atoms with Gasteiger partial charge in [-0.2, -0.15) is 0 Å². The molecule has 2 N–H and O–H groups in total. The van der Waals surface area contributed by atoms with Crippen molar-refractivity contribution in [2.75, 3.05) is 17.2 Å². The molecule has 2 aromatic rings. The summed E-state index contributed by atoms with van der Waals surface area (Å²) < 4.78 is 0. The first kappa shape index (κ1) is 14.3. The highest BCUT2D eigenvalue weighted by Gasteiger charge is 2.03. The summed E-state index contributed by atoms with van der Waals surface area (Å²) in [6.45, 7) is 9.23. The summed E-state index contributed by atoms with van der Waals surface area (Å²) in [7, 11) is 0. The lowest BCUT2D eigenvalue weighted by Crippen LogP contribution is -2.10. The third-order valence-corrected chi connectivity index (χ3v) is 2.85. The van der Waals surface area contributed by atoms with Gasteiger partial charge in [-0.25, -0.2) is 9.97 Å². The molecule has 0 spiro atoms. The van der Waals surface area contributed by atoms with Crippen molar-refractivity contribution in [1.82, 2.24) is 9.97 Å². The number of anilines is 3. The Hall–Kier alpha value is -2.10. The lowest BCUT2D eigenvalue weighted by Gasteiger charge is -2.11. The van der Waals surface area contributed by atoms with Gasteiger partial charge in [0.15, 0.2) is 0 Å². The molecule has 1 aromatic carbocycles. The van der Waals surface area contributed by atoms with Crippen LogP contribution in [0.15, 0.2) is 30.3 Å². The lowest BCUT2D eigenvalue weighted by atomic mass is 10.2. The summed E-state index contributed by atoms with van der Waals surface area (Å²) in [5.74, 6) is 3.01. The van der Waals surface area contributed by atoms with E-state index in [0.717, 1.165) is 29.7 Å². The van der Waals surface area contributed by atoms with Crippen LogP contribution in [0.25, 0.3) is 0 Å². The van der Waals surface area contributed by atoms with E-state index in [-0.39, 0.29) is 0 Å². The third-order valence-electron chi connectivity index (χ3n) is 2.85. The van der Waals surface area contributed by atoms with E-state index in [4.69, 9.17) is 0 Å². The quantitative estimate of drug-likeness (QED) is 0.865. The fourth-order valence-corrected chi connectivity index (χ4v) is 1.82. The summed E-state index contributed by atoms with van der Waals surface area (Å²) in [6, 6.07) is 10.2. The van der Waals surface area contributed by atoms with Crippen LogP contribution in [-0.2, 0) is 0 Å². The van der Waals surface area contributed by atoms with Gasteiger partial charge in [0.1, 0.15) is 17.5 Å². The Morgan fingerprint density at radius 2 is 1.65 bits per heavy atom. The van der Waals surface area contributed by atoms with Crippen LogP contribution in [-0.4, -0.2) is 16.5 Å². The second-order valence-corrected chi connectivity index (χ2v) is 5.45. The second kappa shape index (κ2) is 6.37. The van der Waals surface area contributed by atoms with Crippen molar-refractivity contribution in [2.45, 2.75) is 27.7 Å². The molecule has 0 aliphatic heterocycles. The zero-order valence-corrected chi connectivity index (χ0v) is 12.6. The maximum absolute atomic E-state index is 4.42. The Morgan fingerprint density at radius 3 is 2.30 bits per heavy atom. The fourth-order valence-electron chi connectivity index (χ4n) is 1.82. The maximum Gasteiger partial charge on any atom is 0.136 e. The number of hydrogen-bond acceptors (Lipinski definition) is 4. The van der Waals surface area contributed by atoms with Crippen molar-refractivity contribution in [3.8, 4) is 0 Å². The van der Waals surface area contributed by atoms with E-state index >= 15 is 0 Å². The van der Waals surface area contributed by atoms with E-state index < -0.39 is 0 Å². The van der Waals surface area contributed by atoms with Gasteiger partial charge in [-0.1, -0.05) is 31.5 Å². The molecule has 4 nitrogen and oxygen atoms in total. The molecule has 0 fully saturated rings. The number of hydrogen-bond donors (Lipinski definition) is 2. The normalized spacial score (nSPS) is 10.7. The first-order valence-corrected chi connectivity index (χ1v) is 6.96. The van der Waals surface area contributed by atoms with Gasteiger partial charge in [0.05, 0.1) is 0 Å². The minimum absolute atomic E-state index is 0.582. The summed E-state index contributed by atoms with van der Waals surface area (Å²) in [6.07, 6.45) is 0. The van der Waals surface area contributed by atoms with E-state index in [2.05, 4.69) is 53.5 Å². The van der Waals surface area contributed by atoms with Crippen LogP contribution < -0.4 is 10.6 Å². The van der Waals surface area contributed by atoms with Crippen molar-refractivity contribution in [2.24, 2.45) is 5.92 Å². The number of rotatable bonds is 5. The largest absolute Gasteiger partial charge is 0.370 e. The fraction of sp³-hybridized carbons (Fsp3) is 0.375. The van der Waals surface area contributed by atoms with Crippen molar-refractivity contribution >= 4 is 17.3 Å². The van der Waals surface area contributed by atoms with Gasteiger partial charge in [0.2, 0.25) is 0 Å². The summed E-state index contributed by atoms with van der Waals surface area (Å²) in [4.78, 5) is 8.82. The molecule has 1 heterocycles. The van der Waals surface area contributed by atoms with Crippen molar-refractivity contribution in [1.29, 1.82) is 0 Å². The molecule has 0 saturated heterocycles. The molecule has 0 bridgehead atoms.